The Kier molecular flexibility index (Phi) is 10.4. The van der Waals surface area contributed by atoms with E-state index < -0.39 is 23.9 Å². The van der Waals surface area contributed by atoms with Crippen LogP contribution in [-0.2, 0) is 29.6 Å². The van der Waals surface area contributed by atoms with Crippen molar-refractivity contribution in [3.05, 3.63) is 100 Å². The van der Waals surface area contributed by atoms with E-state index >= 15 is 8.78 Å². The van der Waals surface area contributed by atoms with Crippen LogP contribution in [0.5, 0.6) is 0 Å². The molecular weight excluding hydrogens is 847 g/mol. The normalized spacial score (nSPS) is 21.4. The first-order valence-corrected chi connectivity index (χ1v) is 22.9. The highest BCUT2D eigenvalue weighted by atomic mass is 19.3. The second-order valence-electron chi connectivity index (χ2n) is 18.3. The van der Waals surface area contributed by atoms with Crippen molar-refractivity contribution in [1.29, 1.82) is 0 Å². The fraction of sp³-hybridized carbons (Fsp3) is 0.417. The molecule has 3 amide bonds. The number of amides is 3. The van der Waals surface area contributed by atoms with E-state index in [1.165, 1.54) is 14.7 Å². The molecule has 342 valence electrons. The molecule has 4 aliphatic heterocycles. The van der Waals surface area contributed by atoms with Crippen LogP contribution < -0.4 is 31.4 Å². The monoisotopic (exact) mass is 898 g/mol. The molecule has 4 fully saturated rings. The number of benzene rings is 3. The Morgan fingerprint density at radius 2 is 1.70 bits per heavy atom. The number of halogens is 2. The number of piperidine rings is 2. The van der Waals surface area contributed by atoms with Crippen molar-refractivity contribution in [2.75, 3.05) is 68.0 Å². The molecule has 66 heavy (non-hydrogen) atoms. The molecule has 5 aliphatic rings. The molecule has 11 rings (SSSR count). The van der Waals surface area contributed by atoms with E-state index in [2.05, 4.69) is 55.0 Å². The first-order valence-electron chi connectivity index (χ1n) is 22.9. The first kappa shape index (κ1) is 42.0. The number of likely N-dealkylation sites (tertiary alicyclic amines) is 1. The van der Waals surface area contributed by atoms with Gasteiger partial charge >= 0.3 is 5.69 Å². The number of imidazole rings is 2. The maximum absolute atomic E-state index is 16.0. The highest BCUT2D eigenvalue weighted by molar-refractivity contribution is 6.00. The van der Waals surface area contributed by atoms with Crippen molar-refractivity contribution in [2.45, 2.75) is 69.1 Å². The van der Waals surface area contributed by atoms with Gasteiger partial charge in [-0.25, -0.2) is 23.1 Å². The van der Waals surface area contributed by atoms with Gasteiger partial charge in [-0.3, -0.25) is 38.6 Å². The predicted octanol–water partition coefficient (Wildman–Crippen LogP) is 4.69. The number of alkyl halides is 2. The van der Waals surface area contributed by atoms with Crippen molar-refractivity contribution in [1.82, 2.24) is 44.2 Å². The Labute approximate surface area is 379 Å². The minimum Gasteiger partial charge on any atom is -0.385 e. The maximum Gasteiger partial charge on any atom is 0.329 e. The van der Waals surface area contributed by atoms with E-state index in [9.17, 15) is 19.2 Å². The topological polar surface area (TPSA) is 157 Å². The Morgan fingerprint density at radius 3 is 2.44 bits per heavy atom. The lowest BCUT2D eigenvalue weighted by molar-refractivity contribution is -0.135. The number of rotatable bonds is 10. The number of fused-ring (bicyclic) bond motifs is 3. The number of piperazine rings is 1. The van der Waals surface area contributed by atoms with Gasteiger partial charge in [-0.15, -0.1) is 5.10 Å². The van der Waals surface area contributed by atoms with Crippen molar-refractivity contribution in [2.24, 2.45) is 7.05 Å². The second-order valence-corrected chi connectivity index (χ2v) is 18.3. The molecule has 0 bridgehead atoms. The minimum absolute atomic E-state index is 0.169. The summed E-state index contributed by atoms with van der Waals surface area (Å²) < 4.78 is 36.7. The van der Waals surface area contributed by atoms with Gasteiger partial charge < -0.3 is 20.4 Å². The standard InChI is InChI=1S/C48H52F2N12O4/c1-51-35-25-42(55-62-40(26-52-44(35)62)46(65)53-31-10-11-31)60-19-16-34-33(4-3-5-36(34)60)30-8-6-29(7-9-30)27-57-18-17-41(48(49,50)28-57)59-22-20-58(21-23-59)32-12-13-37-39(24-32)56(2)47(66)61(37)38-14-15-43(63)54-45(38)64/h3-9,12-13,24-26,31,38,41,51H,10-11,14-23,27-28H2,1-2H3,(H,53,65)(H,54,63,64)/t38?,41-/m1/s1. The van der Waals surface area contributed by atoms with Crippen LogP contribution in [0, 0.1) is 0 Å². The number of aromatic nitrogens is 5. The Morgan fingerprint density at radius 1 is 0.894 bits per heavy atom. The lowest BCUT2D eigenvalue weighted by Gasteiger charge is -2.46. The van der Waals surface area contributed by atoms with Gasteiger partial charge in [0, 0.05) is 89.8 Å². The van der Waals surface area contributed by atoms with Crippen LogP contribution in [0.4, 0.5) is 31.7 Å². The van der Waals surface area contributed by atoms with Crippen molar-refractivity contribution in [3.8, 4) is 11.1 Å². The predicted molar refractivity (Wildman–Crippen MR) is 247 cm³/mol. The number of carbonyl (C=O) groups excluding carboxylic acids is 3. The largest absolute Gasteiger partial charge is 0.385 e. The molecule has 0 spiro atoms. The Bertz CT molecular complexity index is 2970. The molecule has 7 heterocycles. The van der Waals surface area contributed by atoms with Gasteiger partial charge in [-0.05, 0) is 78.6 Å². The van der Waals surface area contributed by atoms with Crippen LogP contribution in [0.3, 0.4) is 0 Å². The van der Waals surface area contributed by atoms with Crippen molar-refractivity contribution in [3.63, 3.8) is 0 Å². The molecule has 1 saturated carbocycles. The van der Waals surface area contributed by atoms with Crippen molar-refractivity contribution < 1.29 is 23.2 Å². The van der Waals surface area contributed by atoms with Crippen molar-refractivity contribution >= 4 is 57.3 Å². The highest BCUT2D eigenvalue weighted by Gasteiger charge is 2.48. The van der Waals surface area contributed by atoms with E-state index in [1.807, 2.05) is 59.3 Å². The molecule has 0 radical (unpaired) electrons. The molecular formula is C48H52F2N12O4. The molecule has 16 nitrogen and oxygen atoms in total. The average Bonchev–Trinajstić information content (AvgIpc) is 3.74. The zero-order valence-electron chi connectivity index (χ0n) is 37.0. The smallest absolute Gasteiger partial charge is 0.329 e. The summed E-state index contributed by atoms with van der Waals surface area (Å²) in [5.74, 6) is -3.17. The summed E-state index contributed by atoms with van der Waals surface area (Å²) in [6.45, 7) is 3.52. The fourth-order valence-electron chi connectivity index (χ4n) is 10.6. The lowest BCUT2D eigenvalue weighted by Crippen LogP contribution is -2.61. The minimum atomic E-state index is -2.89. The van der Waals surface area contributed by atoms with E-state index in [4.69, 9.17) is 5.10 Å². The summed E-state index contributed by atoms with van der Waals surface area (Å²) in [6.07, 6.45) is 5.16. The second kappa shape index (κ2) is 16.3. The Balaban J connectivity index is 0.725. The number of carbonyl (C=O) groups is 3. The molecule has 2 atom stereocenters. The number of nitrogens with one attached hydrogen (secondary N) is 3. The van der Waals surface area contributed by atoms with Crippen LogP contribution >= 0.6 is 0 Å². The number of imide groups is 1. The number of hydrogen-bond acceptors (Lipinski definition) is 11. The number of nitrogens with zero attached hydrogens (tertiary/aromatic N) is 9. The first-order chi connectivity index (χ1) is 31.9. The Hall–Kier alpha value is -6.66. The van der Waals surface area contributed by atoms with E-state index in [0.29, 0.717) is 80.4 Å². The van der Waals surface area contributed by atoms with Gasteiger partial charge in [-0.1, -0.05) is 36.4 Å². The molecule has 3 aromatic carbocycles. The van der Waals surface area contributed by atoms with Gasteiger partial charge in [0.05, 0.1) is 35.5 Å². The van der Waals surface area contributed by atoms with Gasteiger partial charge in [0.1, 0.15) is 6.04 Å². The van der Waals surface area contributed by atoms with Gasteiger partial charge in [0.25, 0.3) is 11.8 Å². The molecule has 6 aromatic rings. The molecule has 1 unspecified atom stereocenters. The zero-order valence-corrected chi connectivity index (χ0v) is 37.0. The van der Waals surface area contributed by atoms with Crippen LogP contribution in [0.1, 0.15) is 59.8 Å². The van der Waals surface area contributed by atoms with Crippen LogP contribution in [-0.4, -0.2) is 122 Å². The third-order valence-electron chi connectivity index (χ3n) is 14.2. The molecule has 3 N–H and O–H groups in total. The van der Waals surface area contributed by atoms with E-state index in [-0.39, 0.29) is 42.9 Å². The fourth-order valence-corrected chi connectivity index (χ4v) is 10.6. The summed E-state index contributed by atoms with van der Waals surface area (Å²) >= 11 is 0. The van der Waals surface area contributed by atoms with Gasteiger partial charge in [-0.2, -0.15) is 0 Å². The van der Waals surface area contributed by atoms with Gasteiger partial charge in [0.2, 0.25) is 11.8 Å². The SMILES string of the molecule is CNc1cc(N2CCc3c(-c4ccc(CN5CC[C@@H](N6CCN(c7ccc8c(c7)n(C)c(=O)n8C7CCC(=O)NC7=O)CC6)C(F)(F)C5)cc4)cccc32)nn2c(C(=O)NC3CC3)cnc12. The van der Waals surface area contributed by atoms with Crippen LogP contribution in [0.25, 0.3) is 27.8 Å². The third kappa shape index (κ3) is 7.45. The maximum atomic E-state index is 16.0. The van der Waals surface area contributed by atoms with E-state index in [0.717, 1.165) is 53.0 Å². The van der Waals surface area contributed by atoms with Crippen LogP contribution in [0.2, 0.25) is 0 Å². The number of aryl methyl sites for hydroxylation is 1. The quantitative estimate of drug-likeness (QED) is 0.164. The third-order valence-corrected chi connectivity index (χ3v) is 14.2. The average molecular weight is 899 g/mol. The summed E-state index contributed by atoms with van der Waals surface area (Å²) in [5, 5.41) is 13.5. The number of hydrogen-bond donors (Lipinski definition) is 3. The highest BCUT2D eigenvalue weighted by Crippen LogP contribution is 2.41. The summed E-state index contributed by atoms with van der Waals surface area (Å²) in [6, 6.07) is 20.8. The summed E-state index contributed by atoms with van der Waals surface area (Å²) in [4.78, 5) is 63.4. The lowest BCUT2D eigenvalue weighted by atomic mass is 9.96. The summed E-state index contributed by atoms with van der Waals surface area (Å²) in [5.41, 5.74) is 9.02. The van der Waals surface area contributed by atoms with E-state index in [1.54, 1.807) is 17.8 Å². The molecule has 3 saturated heterocycles. The molecule has 3 aromatic heterocycles. The molecule has 18 heteroatoms. The molecule has 1 aliphatic carbocycles. The van der Waals surface area contributed by atoms with Gasteiger partial charge in [0.15, 0.2) is 17.2 Å². The zero-order chi connectivity index (χ0) is 45.4. The van der Waals surface area contributed by atoms with Crippen LogP contribution in [0.15, 0.2) is 77.7 Å². The number of anilines is 4. The summed E-state index contributed by atoms with van der Waals surface area (Å²) in [7, 11) is 3.50.